The molecule has 0 radical (unpaired) electrons. The van der Waals surface area contributed by atoms with Crippen LogP contribution in [0.25, 0.3) is 0 Å². The van der Waals surface area contributed by atoms with Gasteiger partial charge in [0.15, 0.2) is 0 Å². The van der Waals surface area contributed by atoms with Crippen LogP contribution in [0.5, 0.6) is 0 Å². The maximum absolute atomic E-state index is 7.64. The van der Waals surface area contributed by atoms with E-state index in [1.807, 2.05) is 12.1 Å². The van der Waals surface area contributed by atoms with Crippen LogP contribution in [0.2, 0.25) is 0 Å². The summed E-state index contributed by atoms with van der Waals surface area (Å²) in [6.45, 7) is 4.43. The van der Waals surface area contributed by atoms with E-state index in [0.29, 0.717) is 12.1 Å². The Kier molecular flexibility index (Phi) is 3.31. The van der Waals surface area contributed by atoms with Crippen molar-refractivity contribution in [1.82, 2.24) is 4.98 Å². The van der Waals surface area contributed by atoms with Crippen molar-refractivity contribution in [1.29, 1.82) is 5.41 Å². The quantitative estimate of drug-likeness (QED) is 0.606. The third kappa shape index (κ3) is 2.25. The number of nitrogen functional groups attached to an aromatic ring is 1. The zero-order valence-corrected chi connectivity index (χ0v) is 10.5. The second kappa shape index (κ2) is 4.73. The van der Waals surface area contributed by atoms with Crippen LogP contribution in [0, 0.1) is 5.41 Å². The highest BCUT2D eigenvalue weighted by atomic mass is 15.2. The molecule has 1 aromatic heterocycles. The highest BCUT2D eigenvalue weighted by Crippen LogP contribution is 2.29. The van der Waals surface area contributed by atoms with Gasteiger partial charge in [0, 0.05) is 18.3 Å². The Morgan fingerprint density at radius 1 is 1.41 bits per heavy atom. The standard InChI is InChI=1S/C13H20N4/c1-9-5-3-6-10(2)17(9)13-11(12(14)15)7-4-8-16-13/h4,7-10H,3,5-6H2,1-2H3,(H3,14,15). The maximum Gasteiger partial charge on any atom is 0.139 e. The molecule has 0 saturated carbocycles. The maximum atomic E-state index is 7.64. The van der Waals surface area contributed by atoms with Gasteiger partial charge >= 0.3 is 0 Å². The van der Waals surface area contributed by atoms with E-state index in [9.17, 15) is 0 Å². The molecule has 0 aliphatic carbocycles. The minimum atomic E-state index is 0.0954. The normalized spacial score (nSPS) is 24.7. The molecule has 0 bridgehead atoms. The van der Waals surface area contributed by atoms with E-state index in [-0.39, 0.29) is 5.84 Å². The Balaban J connectivity index is 2.41. The van der Waals surface area contributed by atoms with E-state index in [1.165, 1.54) is 19.3 Å². The van der Waals surface area contributed by atoms with Crippen molar-refractivity contribution in [2.24, 2.45) is 5.73 Å². The predicted molar refractivity (Wildman–Crippen MR) is 70.5 cm³/mol. The van der Waals surface area contributed by atoms with Gasteiger partial charge < -0.3 is 10.6 Å². The van der Waals surface area contributed by atoms with Gasteiger partial charge in [-0.2, -0.15) is 0 Å². The van der Waals surface area contributed by atoms with E-state index < -0.39 is 0 Å². The fourth-order valence-electron chi connectivity index (χ4n) is 2.65. The van der Waals surface area contributed by atoms with Gasteiger partial charge in [-0.15, -0.1) is 0 Å². The average molecular weight is 232 g/mol. The molecule has 4 nitrogen and oxygen atoms in total. The van der Waals surface area contributed by atoms with Gasteiger partial charge in [0.2, 0.25) is 0 Å². The van der Waals surface area contributed by atoms with Gasteiger partial charge in [-0.3, -0.25) is 5.41 Å². The molecule has 0 spiro atoms. The number of pyridine rings is 1. The number of nitrogens with one attached hydrogen (secondary N) is 1. The minimum Gasteiger partial charge on any atom is -0.384 e. The van der Waals surface area contributed by atoms with E-state index in [0.717, 1.165) is 11.4 Å². The second-order valence-electron chi connectivity index (χ2n) is 4.82. The van der Waals surface area contributed by atoms with E-state index in [1.54, 1.807) is 6.20 Å². The molecule has 1 aromatic rings. The first kappa shape index (κ1) is 11.9. The Labute approximate surface area is 102 Å². The lowest BCUT2D eigenvalue weighted by Gasteiger charge is -2.40. The van der Waals surface area contributed by atoms with Crippen LogP contribution in [-0.2, 0) is 0 Å². The minimum absolute atomic E-state index is 0.0954. The van der Waals surface area contributed by atoms with Gasteiger partial charge in [-0.05, 0) is 45.2 Å². The number of rotatable bonds is 2. The van der Waals surface area contributed by atoms with Gasteiger partial charge in [-0.25, -0.2) is 4.98 Å². The van der Waals surface area contributed by atoms with Crippen molar-refractivity contribution < 1.29 is 0 Å². The highest BCUT2D eigenvalue weighted by molar-refractivity contribution is 5.99. The van der Waals surface area contributed by atoms with Crippen LogP contribution in [-0.4, -0.2) is 22.9 Å². The molecule has 2 heterocycles. The van der Waals surface area contributed by atoms with Gasteiger partial charge in [0.05, 0.1) is 5.56 Å². The lowest BCUT2D eigenvalue weighted by Crippen LogP contribution is -2.45. The Morgan fingerprint density at radius 2 is 2.06 bits per heavy atom. The van der Waals surface area contributed by atoms with E-state index >= 15 is 0 Å². The van der Waals surface area contributed by atoms with Crippen molar-refractivity contribution in [3.8, 4) is 0 Å². The summed E-state index contributed by atoms with van der Waals surface area (Å²) in [7, 11) is 0. The summed E-state index contributed by atoms with van der Waals surface area (Å²) in [5.74, 6) is 0.956. The first-order chi connectivity index (χ1) is 8.11. The smallest absolute Gasteiger partial charge is 0.139 e. The highest BCUT2D eigenvalue weighted by Gasteiger charge is 2.27. The molecule has 2 rings (SSSR count). The number of hydrogen-bond acceptors (Lipinski definition) is 3. The zero-order valence-electron chi connectivity index (χ0n) is 10.5. The number of piperidine rings is 1. The molecule has 1 saturated heterocycles. The number of nitrogens with zero attached hydrogens (tertiary/aromatic N) is 2. The topological polar surface area (TPSA) is 66.0 Å². The van der Waals surface area contributed by atoms with E-state index in [4.69, 9.17) is 11.1 Å². The third-order valence-corrected chi connectivity index (χ3v) is 3.51. The molecule has 0 amide bonds. The summed E-state index contributed by atoms with van der Waals surface area (Å²) in [5, 5.41) is 7.64. The van der Waals surface area contributed by atoms with Gasteiger partial charge in [-0.1, -0.05) is 0 Å². The summed E-state index contributed by atoms with van der Waals surface area (Å²) < 4.78 is 0. The van der Waals surface area contributed by atoms with Crippen LogP contribution >= 0.6 is 0 Å². The summed E-state index contributed by atoms with van der Waals surface area (Å²) in [4.78, 5) is 6.74. The fourth-order valence-corrected chi connectivity index (χ4v) is 2.65. The monoisotopic (exact) mass is 232 g/mol. The Morgan fingerprint density at radius 3 is 2.65 bits per heavy atom. The molecule has 1 aliphatic heterocycles. The van der Waals surface area contributed by atoms with Crippen molar-refractivity contribution >= 4 is 11.7 Å². The molecule has 2 atom stereocenters. The van der Waals surface area contributed by atoms with E-state index in [2.05, 4.69) is 23.7 Å². The number of anilines is 1. The predicted octanol–water partition coefficient (Wildman–Crippen LogP) is 2.13. The zero-order chi connectivity index (χ0) is 12.4. The fraction of sp³-hybridized carbons (Fsp3) is 0.538. The van der Waals surface area contributed by atoms with Crippen LogP contribution in [0.3, 0.4) is 0 Å². The first-order valence-corrected chi connectivity index (χ1v) is 6.19. The Hall–Kier alpha value is -1.58. The SMILES string of the molecule is CC1CCCC(C)N1c1ncccc1C(=N)N. The molecule has 92 valence electrons. The molecule has 2 unspecified atom stereocenters. The van der Waals surface area contributed by atoms with Crippen molar-refractivity contribution in [3.05, 3.63) is 23.9 Å². The number of aromatic nitrogens is 1. The molecule has 17 heavy (non-hydrogen) atoms. The van der Waals surface area contributed by atoms with Crippen LogP contribution in [0.15, 0.2) is 18.3 Å². The van der Waals surface area contributed by atoms with Gasteiger partial charge in [0.1, 0.15) is 11.7 Å². The average Bonchev–Trinajstić information content (AvgIpc) is 2.29. The third-order valence-electron chi connectivity index (χ3n) is 3.51. The number of nitrogens with two attached hydrogens (primary N) is 1. The molecular formula is C13H20N4. The number of hydrogen-bond donors (Lipinski definition) is 2. The summed E-state index contributed by atoms with van der Waals surface area (Å²) in [6.07, 6.45) is 5.40. The molecule has 0 aromatic carbocycles. The molecule has 3 N–H and O–H groups in total. The molecule has 4 heteroatoms. The first-order valence-electron chi connectivity index (χ1n) is 6.19. The summed E-state index contributed by atoms with van der Waals surface area (Å²) in [6, 6.07) is 4.64. The second-order valence-corrected chi connectivity index (χ2v) is 4.82. The lowest BCUT2D eigenvalue weighted by molar-refractivity contribution is 0.411. The van der Waals surface area contributed by atoms with Crippen LogP contribution in [0.4, 0.5) is 5.82 Å². The van der Waals surface area contributed by atoms with Gasteiger partial charge in [0.25, 0.3) is 0 Å². The summed E-state index contributed by atoms with van der Waals surface area (Å²) >= 11 is 0. The van der Waals surface area contributed by atoms with Crippen LogP contribution in [0.1, 0.15) is 38.7 Å². The molecule has 1 aliphatic rings. The number of amidine groups is 1. The van der Waals surface area contributed by atoms with Crippen molar-refractivity contribution in [2.75, 3.05) is 4.90 Å². The van der Waals surface area contributed by atoms with Crippen molar-refractivity contribution in [3.63, 3.8) is 0 Å². The largest absolute Gasteiger partial charge is 0.384 e. The molecule has 1 fully saturated rings. The van der Waals surface area contributed by atoms with Crippen molar-refractivity contribution in [2.45, 2.75) is 45.2 Å². The van der Waals surface area contributed by atoms with Crippen LogP contribution < -0.4 is 10.6 Å². The Bertz CT molecular complexity index is 406. The lowest BCUT2D eigenvalue weighted by atomic mass is 9.97. The summed E-state index contributed by atoms with van der Waals surface area (Å²) in [5.41, 5.74) is 6.37. The molecular weight excluding hydrogens is 212 g/mol.